The first-order chi connectivity index (χ1) is 9.65. The molecule has 0 bridgehead atoms. The lowest BCUT2D eigenvalue weighted by Gasteiger charge is -2.28. The molecule has 3 heteroatoms. The van der Waals surface area contributed by atoms with Crippen molar-refractivity contribution in [3.63, 3.8) is 0 Å². The van der Waals surface area contributed by atoms with Gasteiger partial charge < -0.3 is 10.2 Å². The van der Waals surface area contributed by atoms with E-state index in [9.17, 15) is 4.79 Å². The van der Waals surface area contributed by atoms with Gasteiger partial charge in [-0.25, -0.2) is 0 Å². The first-order valence-corrected chi connectivity index (χ1v) is 7.42. The third-order valence-corrected chi connectivity index (χ3v) is 3.54. The Labute approximate surface area is 121 Å². The number of nitrogens with one attached hydrogen (secondary N) is 1. The first kappa shape index (κ1) is 14.6. The second kappa shape index (κ2) is 7.13. The molecule has 20 heavy (non-hydrogen) atoms. The summed E-state index contributed by atoms with van der Waals surface area (Å²) in [5.41, 5.74) is 3.45. The quantitative estimate of drug-likeness (QED) is 0.853. The van der Waals surface area contributed by atoms with Crippen LogP contribution in [0.3, 0.4) is 0 Å². The van der Waals surface area contributed by atoms with Crippen molar-refractivity contribution in [3.05, 3.63) is 41.5 Å². The molecule has 2 rings (SSSR count). The molecule has 0 aromatic heterocycles. The van der Waals surface area contributed by atoms with E-state index in [-0.39, 0.29) is 5.91 Å². The van der Waals surface area contributed by atoms with Crippen LogP contribution in [0.15, 0.2) is 35.9 Å². The SMILES string of the molecule is CC(C)=CC(=O)NCc1ccc(N2CCCCC2)cc1. The third kappa shape index (κ3) is 4.41. The molecule has 1 saturated heterocycles. The van der Waals surface area contributed by atoms with Crippen molar-refractivity contribution < 1.29 is 4.79 Å². The molecule has 0 atom stereocenters. The van der Waals surface area contributed by atoms with Crippen molar-refractivity contribution in [2.24, 2.45) is 0 Å². The third-order valence-electron chi connectivity index (χ3n) is 3.54. The molecule has 0 saturated carbocycles. The van der Waals surface area contributed by atoms with E-state index in [1.54, 1.807) is 6.08 Å². The van der Waals surface area contributed by atoms with Crippen LogP contribution in [0.25, 0.3) is 0 Å². The van der Waals surface area contributed by atoms with Gasteiger partial charge in [-0.1, -0.05) is 17.7 Å². The summed E-state index contributed by atoms with van der Waals surface area (Å²) in [5.74, 6) is -0.0230. The Morgan fingerprint density at radius 2 is 1.80 bits per heavy atom. The fourth-order valence-electron chi connectivity index (χ4n) is 2.48. The molecule has 1 fully saturated rings. The van der Waals surface area contributed by atoms with E-state index in [2.05, 4.69) is 34.5 Å². The largest absolute Gasteiger partial charge is 0.372 e. The maximum atomic E-state index is 11.5. The molecule has 1 N–H and O–H groups in total. The minimum absolute atomic E-state index is 0.0230. The number of hydrogen-bond donors (Lipinski definition) is 1. The molecule has 0 aliphatic carbocycles. The van der Waals surface area contributed by atoms with Crippen LogP contribution >= 0.6 is 0 Å². The van der Waals surface area contributed by atoms with Gasteiger partial charge in [0.1, 0.15) is 0 Å². The molecule has 0 unspecified atom stereocenters. The zero-order valence-corrected chi connectivity index (χ0v) is 12.5. The summed E-state index contributed by atoms with van der Waals surface area (Å²) in [6.45, 7) is 6.76. The van der Waals surface area contributed by atoms with Crippen LogP contribution < -0.4 is 10.2 Å². The molecule has 0 spiro atoms. The van der Waals surface area contributed by atoms with Gasteiger partial charge in [0.05, 0.1) is 0 Å². The summed E-state index contributed by atoms with van der Waals surface area (Å²) in [7, 11) is 0. The summed E-state index contributed by atoms with van der Waals surface area (Å²) in [5, 5.41) is 2.90. The van der Waals surface area contributed by atoms with E-state index in [1.165, 1.54) is 24.9 Å². The van der Waals surface area contributed by atoms with Gasteiger partial charge in [0, 0.05) is 31.4 Å². The number of anilines is 1. The molecule has 1 aromatic rings. The molecule has 1 aromatic carbocycles. The fraction of sp³-hybridized carbons (Fsp3) is 0.471. The highest BCUT2D eigenvalue weighted by atomic mass is 16.1. The van der Waals surface area contributed by atoms with E-state index in [4.69, 9.17) is 0 Å². The van der Waals surface area contributed by atoms with Crippen molar-refractivity contribution in [3.8, 4) is 0 Å². The van der Waals surface area contributed by atoms with Gasteiger partial charge in [0.2, 0.25) is 5.91 Å². The van der Waals surface area contributed by atoms with Crippen LogP contribution in [-0.4, -0.2) is 19.0 Å². The number of piperidine rings is 1. The van der Waals surface area contributed by atoms with E-state index in [0.717, 1.165) is 24.2 Å². The van der Waals surface area contributed by atoms with Crippen molar-refractivity contribution in [2.45, 2.75) is 39.7 Å². The maximum Gasteiger partial charge on any atom is 0.244 e. The van der Waals surface area contributed by atoms with Crippen LogP contribution in [-0.2, 0) is 11.3 Å². The lowest BCUT2D eigenvalue weighted by molar-refractivity contribution is -0.116. The number of nitrogens with zero attached hydrogens (tertiary/aromatic N) is 1. The number of rotatable bonds is 4. The van der Waals surface area contributed by atoms with Gasteiger partial charge in [-0.15, -0.1) is 0 Å². The minimum Gasteiger partial charge on any atom is -0.372 e. The average Bonchev–Trinajstić information content (AvgIpc) is 2.46. The second-order valence-corrected chi connectivity index (χ2v) is 5.65. The van der Waals surface area contributed by atoms with Gasteiger partial charge in [-0.3, -0.25) is 4.79 Å². The van der Waals surface area contributed by atoms with Gasteiger partial charge in [0.15, 0.2) is 0 Å². The monoisotopic (exact) mass is 272 g/mol. The van der Waals surface area contributed by atoms with E-state index in [1.807, 2.05) is 13.8 Å². The van der Waals surface area contributed by atoms with E-state index >= 15 is 0 Å². The predicted octanol–water partition coefficient (Wildman–Crippen LogP) is 3.26. The van der Waals surface area contributed by atoms with Crippen LogP contribution in [0.2, 0.25) is 0 Å². The standard InChI is InChI=1S/C17H24N2O/c1-14(2)12-17(20)18-13-15-6-8-16(9-7-15)19-10-4-3-5-11-19/h6-9,12H,3-5,10-11,13H2,1-2H3,(H,18,20). The topological polar surface area (TPSA) is 32.3 Å². The zero-order valence-electron chi connectivity index (χ0n) is 12.5. The first-order valence-electron chi connectivity index (χ1n) is 7.42. The van der Waals surface area contributed by atoms with Crippen molar-refractivity contribution >= 4 is 11.6 Å². The Morgan fingerprint density at radius 3 is 2.40 bits per heavy atom. The Balaban J connectivity index is 1.88. The molecule has 1 aliphatic rings. The molecule has 108 valence electrons. The number of benzene rings is 1. The summed E-state index contributed by atoms with van der Waals surface area (Å²) < 4.78 is 0. The molecule has 1 aliphatic heterocycles. The lowest BCUT2D eigenvalue weighted by Crippen LogP contribution is -2.29. The van der Waals surface area contributed by atoms with Crippen molar-refractivity contribution in [1.82, 2.24) is 5.32 Å². The molecular weight excluding hydrogens is 248 g/mol. The Morgan fingerprint density at radius 1 is 1.15 bits per heavy atom. The summed E-state index contributed by atoms with van der Waals surface area (Å²) in [6, 6.07) is 8.53. The summed E-state index contributed by atoms with van der Waals surface area (Å²) in [6.07, 6.45) is 5.56. The number of allylic oxidation sites excluding steroid dienone is 1. The molecule has 1 amide bonds. The van der Waals surface area contributed by atoms with Gasteiger partial charge in [-0.05, 0) is 50.8 Å². The molecular formula is C17H24N2O. The number of carbonyl (C=O) groups is 1. The predicted molar refractivity (Wildman–Crippen MR) is 83.8 cm³/mol. The highest BCUT2D eigenvalue weighted by Crippen LogP contribution is 2.20. The smallest absolute Gasteiger partial charge is 0.244 e. The highest BCUT2D eigenvalue weighted by molar-refractivity contribution is 5.87. The number of carbonyl (C=O) groups excluding carboxylic acids is 1. The van der Waals surface area contributed by atoms with Crippen molar-refractivity contribution in [1.29, 1.82) is 0 Å². The lowest BCUT2D eigenvalue weighted by atomic mass is 10.1. The second-order valence-electron chi connectivity index (χ2n) is 5.65. The molecule has 1 heterocycles. The van der Waals surface area contributed by atoms with Crippen LogP contribution in [0.5, 0.6) is 0 Å². The van der Waals surface area contributed by atoms with Crippen LogP contribution in [0.1, 0.15) is 38.7 Å². The summed E-state index contributed by atoms with van der Waals surface area (Å²) >= 11 is 0. The van der Waals surface area contributed by atoms with Gasteiger partial charge in [0.25, 0.3) is 0 Å². The van der Waals surface area contributed by atoms with Crippen molar-refractivity contribution in [2.75, 3.05) is 18.0 Å². The Hall–Kier alpha value is -1.77. The molecule has 3 nitrogen and oxygen atoms in total. The normalized spacial score (nSPS) is 14.8. The van der Waals surface area contributed by atoms with Gasteiger partial charge >= 0.3 is 0 Å². The van der Waals surface area contributed by atoms with Gasteiger partial charge in [-0.2, -0.15) is 0 Å². The Kier molecular flexibility index (Phi) is 5.22. The van der Waals surface area contributed by atoms with E-state index in [0.29, 0.717) is 6.54 Å². The Bertz CT molecular complexity index is 466. The number of amides is 1. The number of hydrogen-bond acceptors (Lipinski definition) is 2. The zero-order chi connectivity index (χ0) is 14.4. The average molecular weight is 272 g/mol. The summed E-state index contributed by atoms with van der Waals surface area (Å²) in [4.78, 5) is 14.0. The maximum absolute atomic E-state index is 11.5. The molecule has 0 radical (unpaired) electrons. The fourth-order valence-corrected chi connectivity index (χ4v) is 2.48. The van der Waals surface area contributed by atoms with E-state index < -0.39 is 0 Å². The minimum atomic E-state index is -0.0230. The highest BCUT2D eigenvalue weighted by Gasteiger charge is 2.10. The van der Waals surface area contributed by atoms with Crippen LogP contribution in [0, 0.1) is 0 Å². The van der Waals surface area contributed by atoms with Crippen LogP contribution in [0.4, 0.5) is 5.69 Å².